The highest BCUT2D eigenvalue weighted by atomic mass is 32.1. The van der Waals surface area contributed by atoms with Gasteiger partial charge in [-0.3, -0.25) is 4.90 Å². The molecule has 0 fully saturated rings. The molecule has 2 aromatic rings. The molecule has 1 N–H and O–H groups in total. The molecule has 0 saturated heterocycles. The van der Waals surface area contributed by atoms with E-state index in [0.29, 0.717) is 13.1 Å². The summed E-state index contributed by atoms with van der Waals surface area (Å²) in [5, 5.41) is 12.8. The van der Waals surface area contributed by atoms with Crippen molar-refractivity contribution >= 4 is 16.5 Å². The van der Waals surface area contributed by atoms with Crippen LogP contribution in [0.1, 0.15) is 10.6 Å². The molecular formula is C12H15FN4S. The lowest BCUT2D eigenvalue weighted by molar-refractivity contribution is 0.317. The maximum atomic E-state index is 13.0. The third-order valence-corrected chi connectivity index (χ3v) is 3.35. The third-order valence-electron chi connectivity index (χ3n) is 2.43. The van der Waals surface area contributed by atoms with Gasteiger partial charge in [0.05, 0.1) is 6.54 Å². The Morgan fingerprint density at radius 3 is 2.83 bits per heavy atom. The molecule has 0 aliphatic rings. The van der Waals surface area contributed by atoms with Crippen LogP contribution < -0.4 is 5.32 Å². The van der Waals surface area contributed by atoms with Crippen molar-refractivity contribution in [2.24, 2.45) is 0 Å². The number of rotatable bonds is 5. The van der Waals surface area contributed by atoms with E-state index < -0.39 is 0 Å². The van der Waals surface area contributed by atoms with Gasteiger partial charge in [-0.05, 0) is 24.7 Å². The van der Waals surface area contributed by atoms with Gasteiger partial charge >= 0.3 is 0 Å². The van der Waals surface area contributed by atoms with E-state index in [2.05, 4.69) is 20.4 Å². The Kier molecular flexibility index (Phi) is 4.22. The van der Waals surface area contributed by atoms with Gasteiger partial charge in [0.25, 0.3) is 0 Å². The van der Waals surface area contributed by atoms with Crippen molar-refractivity contribution in [3.05, 3.63) is 40.7 Å². The fraction of sp³-hybridized carbons (Fsp3) is 0.333. The lowest BCUT2D eigenvalue weighted by Gasteiger charge is -2.14. The minimum Gasteiger partial charge on any atom is -0.363 e. The number of anilines is 1. The monoisotopic (exact) mass is 266 g/mol. The van der Waals surface area contributed by atoms with Gasteiger partial charge < -0.3 is 5.32 Å². The van der Waals surface area contributed by atoms with Gasteiger partial charge in [-0.15, -0.1) is 10.2 Å². The van der Waals surface area contributed by atoms with Gasteiger partial charge in [0.15, 0.2) is 0 Å². The molecule has 0 radical (unpaired) electrons. The first-order chi connectivity index (χ1) is 8.67. The van der Waals surface area contributed by atoms with Crippen LogP contribution in [0, 0.1) is 5.82 Å². The summed E-state index contributed by atoms with van der Waals surface area (Å²) in [6.07, 6.45) is 0. The number of hydrogen-bond donors (Lipinski definition) is 1. The molecule has 96 valence electrons. The van der Waals surface area contributed by atoms with Gasteiger partial charge in [0.2, 0.25) is 5.13 Å². The van der Waals surface area contributed by atoms with Crippen molar-refractivity contribution in [3.8, 4) is 0 Å². The van der Waals surface area contributed by atoms with Crippen LogP contribution in [0.4, 0.5) is 9.52 Å². The van der Waals surface area contributed by atoms with Gasteiger partial charge in [0.1, 0.15) is 10.8 Å². The van der Waals surface area contributed by atoms with Crippen LogP contribution >= 0.6 is 11.3 Å². The maximum absolute atomic E-state index is 13.0. The zero-order valence-corrected chi connectivity index (χ0v) is 11.2. The summed E-state index contributed by atoms with van der Waals surface area (Å²) in [7, 11) is 3.80. The molecule has 1 aromatic carbocycles. The second kappa shape index (κ2) is 5.88. The second-order valence-corrected chi connectivity index (χ2v) is 5.12. The Labute approximate surface area is 109 Å². The number of nitrogens with zero attached hydrogens (tertiary/aromatic N) is 3. The van der Waals surface area contributed by atoms with Gasteiger partial charge in [0, 0.05) is 13.6 Å². The molecule has 1 heterocycles. The molecule has 0 atom stereocenters. The lowest BCUT2D eigenvalue weighted by atomic mass is 10.2. The maximum Gasteiger partial charge on any atom is 0.205 e. The number of halogens is 1. The molecule has 0 unspecified atom stereocenters. The summed E-state index contributed by atoms with van der Waals surface area (Å²) >= 11 is 1.53. The fourth-order valence-electron chi connectivity index (χ4n) is 1.65. The van der Waals surface area contributed by atoms with E-state index in [1.165, 1.54) is 17.4 Å². The minimum absolute atomic E-state index is 0.200. The largest absolute Gasteiger partial charge is 0.363 e. The van der Waals surface area contributed by atoms with Crippen LogP contribution in [-0.2, 0) is 13.1 Å². The van der Waals surface area contributed by atoms with Crippen molar-refractivity contribution in [1.82, 2.24) is 15.1 Å². The molecule has 0 aliphatic heterocycles. The van der Waals surface area contributed by atoms with Crippen LogP contribution in [0.5, 0.6) is 0 Å². The van der Waals surface area contributed by atoms with E-state index in [-0.39, 0.29) is 5.82 Å². The average molecular weight is 266 g/mol. The SMILES string of the molecule is CNc1nnc(CN(C)Cc2cccc(F)c2)s1. The predicted molar refractivity (Wildman–Crippen MR) is 71.0 cm³/mol. The molecule has 0 aliphatic carbocycles. The number of hydrogen-bond acceptors (Lipinski definition) is 5. The molecule has 6 heteroatoms. The molecule has 0 spiro atoms. The van der Waals surface area contributed by atoms with Gasteiger partial charge in [-0.25, -0.2) is 4.39 Å². The molecule has 1 aromatic heterocycles. The topological polar surface area (TPSA) is 41.1 Å². The normalized spacial score (nSPS) is 10.9. The van der Waals surface area contributed by atoms with Crippen molar-refractivity contribution in [2.45, 2.75) is 13.1 Å². The first-order valence-corrected chi connectivity index (χ1v) is 6.42. The Morgan fingerprint density at radius 2 is 2.17 bits per heavy atom. The van der Waals surface area contributed by atoms with Crippen LogP contribution in [0.3, 0.4) is 0 Å². The molecular weight excluding hydrogens is 251 g/mol. The zero-order valence-electron chi connectivity index (χ0n) is 10.4. The van der Waals surface area contributed by atoms with E-state index in [9.17, 15) is 4.39 Å². The average Bonchev–Trinajstić information content (AvgIpc) is 2.76. The Hall–Kier alpha value is -1.53. The molecule has 0 bridgehead atoms. The lowest BCUT2D eigenvalue weighted by Crippen LogP contribution is -2.17. The van der Waals surface area contributed by atoms with Gasteiger partial charge in [-0.1, -0.05) is 23.5 Å². The summed E-state index contributed by atoms with van der Waals surface area (Å²) in [5.74, 6) is -0.200. The van der Waals surface area contributed by atoms with Crippen molar-refractivity contribution < 1.29 is 4.39 Å². The number of nitrogens with one attached hydrogen (secondary N) is 1. The van der Waals surface area contributed by atoms with Crippen molar-refractivity contribution in [3.63, 3.8) is 0 Å². The Morgan fingerprint density at radius 1 is 1.33 bits per heavy atom. The molecule has 0 saturated carbocycles. The highest BCUT2D eigenvalue weighted by Gasteiger charge is 2.07. The summed E-state index contributed by atoms with van der Waals surface area (Å²) in [4.78, 5) is 2.08. The number of benzene rings is 1. The number of aromatic nitrogens is 2. The van der Waals surface area contributed by atoms with Crippen LogP contribution in [0.15, 0.2) is 24.3 Å². The van der Waals surface area contributed by atoms with E-state index in [0.717, 1.165) is 15.7 Å². The summed E-state index contributed by atoms with van der Waals surface area (Å²) in [6, 6.07) is 6.64. The van der Waals surface area contributed by atoms with Crippen molar-refractivity contribution in [1.29, 1.82) is 0 Å². The summed E-state index contributed by atoms with van der Waals surface area (Å²) < 4.78 is 13.0. The first kappa shape index (κ1) is 12.9. The van der Waals surface area contributed by atoms with Crippen LogP contribution in [0.25, 0.3) is 0 Å². The van der Waals surface area contributed by atoms with Crippen molar-refractivity contribution in [2.75, 3.05) is 19.4 Å². The van der Waals surface area contributed by atoms with E-state index in [1.807, 2.05) is 20.2 Å². The van der Waals surface area contributed by atoms with Crippen LogP contribution in [0.2, 0.25) is 0 Å². The molecule has 2 rings (SSSR count). The Bertz CT molecular complexity index is 514. The van der Waals surface area contributed by atoms with E-state index >= 15 is 0 Å². The predicted octanol–water partition coefficient (Wildman–Crippen LogP) is 2.35. The first-order valence-electron chi connectivity index (χ1n) is 5.60. The molecule has 18 heavy (non-hydrogen) atoms. The fourth-order valence-corrected chi connectivity index (χ4v) is 2.43. The Balaban J connectivity index is 1.94. The van der Waals surface area contributed by atoms with Gasteiger partial charge in [-0.2, -0.15) is 0 Å². The third kappa shape index (κ3) is 3.48. The summed E-state index contributed by atoms with van der Waals surface area (Å²) in [6.45, 7) is 1.39. The highest BCUT2D eigenvalue weighted by molar-refractivity contribution is 7.15. The second-order valence-electron chi connectivity index (χ2n) is 4.05. The van der Waals surface area contributed by atoms with E-state index in [4.69, 9.17) is 0 Å². The smallest absolute Gasteiger partial charge is 0.205 e. The summed E-state index contributed by atoms with van der Waals surface area (Å²) in [5.41, 5.74) is 0.954. The molecule has 0 amide bonds. The minimum atomic E-state index is -0.200. The molecule has 4 nitrogen and oxygen atoms in total. The van der Waals surface area contributed by atoms with E-state index in [1.54, 1.807) is 12.1 Å². The standard InChI is InChI=1S/C12H15FN4S/c1-14-12-16-15-11(18-12)8-17(2)7-9-4-3-5-10(13)6-9/h3-6H,7-8H2,1-2H3,(H,14,16). The quantitative estimate of drug-likeness (QED) is 0.902. The highest BCUT2D eigenvalue weighted by Crippen LogP contribution is 2.16. The van der Waals surface area contributed by atoms with Crippen LogP contribution in [-0.4, -0.2) is 29.2 Å². The zero-order chi connectivity index (χ0) is 13.0.